The minimum atomic E-state index is -0.719. The monoisotopic (exact) mass is 308 g/mol. The average Bonchev–Trinajstić information content (AvgIpc) is 3.33. The van der Waals surface area contributed by atoms with E-state index in [4.69, 9.17) is 4.74 Å². The highest BCUT2D eigenvalue weighted by atomic mass is 16.6. The standard InChI is InChI=1S/C15H20N2O5/c1-21-15(18)13-9-12(5-6-14(13)17(19)20)16-7-2-8-22-10-11-3-4-11/h5-6,9,11,16H,2-4,7-8,10H2,1H3. The lowest BCUT2D eigenvalue weighted by atomic mass is 10.1. The van der Waals surface area contributed by atoms with E-state index >= 15 is 0 Å². The molecule has 0 aromatic heterocycles. The van der Waals surface area contributed by atoms with Crippen LogP contribution in [0.25, 0.3) is 0 Å². The summed E-state index contributed by atoms with van der Waals surface area (Å²) in [6, 6.07) is 4.32. The molecule has 0 aliphatic heterocycles. The molecule has 1 aliphatic carbocycles. The third-order valence-corrected chi connectivity index (χ3v) is 3.44. The molecule has 1 saturated carbocycles. The Morgan fingerprint density at radius 2 is 2.23 bits per heavy atom. The zero-order valence-electron chi connectivity index (χ0n) is 12.5. The van der Waals surface area contributed by atoms with E-state index in [-0.39, 0.29) is 11.3 Å². The highest BCUT2D eigenvalue weighted by Gasteiger charge is 2.21. The number of carbonyl (C=O) groups excluding carboxylic acids is 1. The summed E-state index contributed by atoms with van der Waals surface area (Å²) >= 11 is 0. The number of nitro benzene ring substituents is 1. The molecule has 0 saturated heterocycles. The summed E-state index contributed by atoms with van der Waals surface area (Å²) in [4.78, 5) is 21.9. The lowest BCUT2D eigenvalue weighted by Crippen LogP contribution is -2.09. The Labute approximate surface area is 128 Å². The number of nitro groups is 1. The van der Waals surface area contributed by atoms with Crippen LogP contribution in [-0.2, 0) is 9.47 Å². The summed E-state index contributed by atoms with van der Waals surface area (Å²) in [6.07, 6.45) is 3.38. The largest absolute Gasteiger partial charge is 0.465 e. The van der Waals surface area contributed by atoms with Crippen LogP contribution in [-0.4, -0.2) is 37.8 Å². The van der Waals surface area contributed by atoms with Crippen molar-refractivity contribution in [3.63, 3.8) is 0 Å². The molecule has 0 atom stereocenters. The fraction of sp³-hybridized carbons (Fsp3) is 0.533. The molecule has 1 fully saturated rings. The van der Waals surface area contributed by atoms with Gasteiger partial charge < -0.3 is 14.8 Å². The van der Waals surface area contributed by atoms with Crippen LogP contribution >= 0.6 is 0 Å². The Morgan fingerprint density at radius 3 is 2.86 bits per heavy atom. The maximum Gasteiger partial charge on any atom is 0.344 e. The van der Waals surface area contributed by atoms with E-state index in [0.29, 0.717) is 18.8 Å². The molecule has 0 bridgehead atoms. The molecule has 7 nitrogen and oxygen atoms in total. The number of esters is 1. The number of carbonyl (C=O) groups is 1. The van der Waals surface area contributed by atoms with Crippen LogP contribution in [0.3, 0.4) is 0 Å². The van der Waals surface area contributed by atoms with Gasteiger partial charge >= 0.3 is 5.97 Å². The number of hydrogen-bond acceptors (Lipinski definition) is 6. The molecule has 0 amide bonds. The fourth-order valence-electron chi connectivity index (χ4n) is 2.02. The first-order valence-corrected chi connectivity index (χ1v) is 7.30. The van der Waals surface area contributed by atoms with E-state index in [0.717, 1.165) is 18.9 Å². The second kappa shape index (κ2) is 7.74. The second-order valence-corrected chi connectivity index (χ2v) is 5.28. The van der Waals surface area contributed by atoms with Crippen molar-refractivity contribution in [3.05, 3.63) is 33.9 Å². The van der Waals surface area contributed by atoms with Crippen molar-refractivity contribution >= 4 is 17.3 Å². The minimum Gasteiger partial charge on any atom is -0.465 e. The predicted octanol–water partition coefficient (Wildman–Crippen LogP) is 2.61. The number of anilines is 1. The van der Waals surface area contributed by atoms with Crippen molar-refractivity contribution in [3.8, 4) is 0 Å². The summed E-state index contributed by atoms with van der Waals surface area (Å²) in [5.41, 5.74) is 0.334. The minimum absolute atomic E-state index is 0.0533. The molecule has 120 valence electrons. The van der Waals surface area contributed by atoms with Crippen molar-refractivity contribution in [2.45, 2.75) is 19.3 Å². The van der Waals surface area contributed by atoms with E-state index in [1.165, 1.54) is 32.1 Å². The third kappa shape index (κ3) is 4.70. The van der Waals surface area contributed by atoms with E-state index in [9.17, 15) is 14.9 Å². The molecule has 1 N–H and O–H groups in total. The lowest BCUT2D eigenvalue weighted by molar-refractivity contribution is -0.385. The van der Waals surface area contributed by atoms with Crippen LogP contribution in [0.1, 0.15) is 29.6 Å². The van der Waals surface area contributed by atoms with Crippen molar-refractivity contribution in [2.75, 3.05) is 32.2 Å². The van der Waals surface area contributed by atoms with Gasteiger partial charge in [0.15, 0.2) is 0 Å². The van der Waals surface area contributed by atoms with E-state index < -0.39 is 10.9 Å². The molecule has 0 unspecified atom stereocenters. The summed E-state index contributed by atoms with van der Waals surface area (Å²) in [5, 5.41) is 14.0. The fourth-order valence-corrected chi connectivity index (χ4v) is 2.02. The van der Waals surface area contributed by atoms with E-state index in [1.807, 2.05) is 0 Å². The number of methoxy groups -OCH3 is 1. The molecule has 22 heavy (non-hydrogen) atoms. The number of rotatable bonds is 9. The number of nitrogens with zero attached hydrogens (tertiary/aromatic N) is 1. The number of nitrogens with one attached hydrogen (secondary N) is 1. The molecule has 0 radical (unpaired) electrons. The lowest BCUT2D eigenvalue weighted by Gasteiger charge is -2.08. The molecular formula is C15H20N2O5. The SMILES string of the molecule is COC(=O)c1cc(NCCCOCC2CC2)ccc1[N+](=O)[O-]. The molecule has 1 aliphatic rings. The molecule has 0 spiro atoms. The van der Waals surface area contributed by atoms with Crippen LogP contribution in [0.4, 0.5) is 11.4 Å². The smallest absolute Gasteiger partial charge is 0.344 e. The Kier molecular flexibility index (Phi) is 5.71. The van der Waals surface area contributed by atoms with E-state index in [2.05, 4.69) is 10.1 Å². The van der Waals surface area contributed by atoms with Gasteiger partial charge in [0.1, 0.15) is 5.56 Å². The van der Waals surface area contributed by atoms with Crippen LogP contribution < -0.4 is 5.32 Å². The van der Waals surface area contributed by atoms with E-state index in [1.54, 1.807) is 6.07 Å². The normalized spacial score (nSPS) is 13.7. The highest BCUT2D eigenvalue weighted by Crippen LogP contribution is 2.28. The van der Waals surface area contributed by atoms with Crippen molar-refractivity contribution in [2.24, 2.45) is 5.92 Å². The van der Waals surface area contributed by atoms with Crippen LogP contribution in [0.5, 0.6) is 0 Å². The van der Waals surface area contributed by atoms with Crippen molar-refractivity contribution in [1.82, 2.24) is 0 Å². The maximum atomic E-state index is 11.6. The number of ether oxygens (including phenoxy) is 2. The topological polar surface area (TPSA) is 90.7 Å². The van der Waals surface area contributed by atoms with Gasteiger partial charge in [-0.1, -0.05) is 0 Å². The van der Waals surface area contributed by atoms with Gasteiger partial charge in [0.25, 0.3) is 5.69 Å². The van der Waals surface area contributed by atoms with Crippen molar-refractivity contribution < 1.29 is 19.2 Å². The van der Waals surface area contributed by atoms with Gasteiger partial charge in [-0.2, -0.15) is 0 Å². The Hall–Kier alpha value is -2.15. The molecule has 1 aromatic rings. The Balaban J connectivity index is 1.84. The summed E-state index contributed by atoms with van der Waals surface area (Å²) in [7, 11) is 1.20. The van der Waals surface area contributed by atoms with Gasteiger partial charge in [0.2, 0.25) is 0 Å². The third-order valence-electron chi connectivity index (χ3n) is 3.44. The number of benzene rings is 1. The summed E-state index contributed by atoms with van der Waals surface area (Å²) in [5.74, 6) is 0.0355. The van der Waals surface area contributed by atoms with Gasteiger partial charge in [0, 0.05) is 31.5 Å². The molecule has 1 aromatic carbocycles. The second-order valence-electron chi connectivity index (χ2n) is 5.28. The molecule has 0 heterocycles. The first kappa shape index (κ1) is 16.2. The van der Waals surface area contributed by atoms with Gasteiger partial charge in [0.05, 0.1) is 12.0 Å². The number of hydrogen-bond donors (Lipinski definition) is 1. The van der Waals surface area contributed by atoms with Gasteiger partial charge in [-0.15, -0.1) is 0 Å². The zero-order chi connectivity index (χ0) is 15.9. The van der Waals surface area contributed by atoms with Crippen molar-refractivity contribution in [1.29, 1.82) is 0 Å². The summed E-state index contributed by atoms with van der Waals surface area (Å²) < 4.78 is 10.1. The predicted molar refractivity (Wildman–Crippen MR) is 81.1 cm³/mol. The van der Waals surface area contributed by atoms with Gasteiger partial charge in [-0.05, 0) is 37.3 Å². The molecule has 7 heteroatoms. The summed E-state index contributed by atoms with van der Waals surface area (Å²) in [6.45, 7) is 2.19. The first-order chi connectivity index (χ1) is 10.6. The van der Waals surface area contributed by atoms with Crippen LogP contribution in [0.2, 0.25) is 0 Å². The van der Waals surface area contributed by atoms with Gasteiger partial charge in [-0.3, -0.25) is 10.1 Å². The Bertz CT molecular complexity index is 543. The Morgan fingerprint density at radius 1 is 1.45 bits per heavy atom. The van der Waals surface area contributed by atoms with Crippen LogP contribution in [0, 0.1) is 16.0 Å². The highest BCUT2D eigenvalue weighted by molar-refractivity contribution is 5.95. The average molecular weight is 308 g/mol. The maximum absolute atomic E-state index is 11.6. The molecular weight excluding hydrogens is 288 g/mol. The quantitative estimate of drug-likeness (QED) is 0.326. The van der Waals surface area contributed by atoms with Gasteiger partial charge in [-0.25, -0.2) is 4.79 Å². The van der Waals surface area contributed by atoms with Crippen LogP contribution in [0.15, 0.2) is 18.2 Å². The molecule has 2 rings (SSSR count). The first-order valence-electron chi connectivity index (χ1n) is 7.30. The zero-order valence-corrected chi connectivity index (χ0v) is 12.5.